The van der Waals surface area contributed by atoms with Gasteiger partial charge < -0.3 is 9.32 Å². The number of carbonyl (C=O) groups excluding carboxylic acids is 1. The van der Waals surface area contributed by atoms with Crippen molar-refractivity contribution in [3.63, 3.8) is 0 Å². The van der Waals surface area contributed by atoms with Crippen LogP contribution >= 0.6 is 0 Å². The Morgan fingerprint density at radius 2 is 1.81 bits per heavy atom. The van der Waals surface area contributed by atoms with Crippen molar-refractivity contribution in [3.05, 3.63) is 36.1 Å². The maximum absolute atomic E-state index is 12.5. The lowest BCUT2D eigenvalue weighted by Gasteiger charge is -2.32. The fraction of sp³-hybridized carbons (Fsp3) is 0.308. The van der Waals surface area contributed by atoms with Gasteiger partial charge in [0.15, 0.2) is 0 Å². The van der Waals surface area contributed by atoms with Crippen LogP contribution in [0.25, 0.3) is 11.0 Å². The Kier molecular flexibility index (Phi) is 3.44. The Hall–Kier alpha value is -1.90. The second-order valence-corrected chi connectivity index (χ2v) is 6.43. The molecule has 2 N–H and O–H groups in total. The van der Waals surface area contributed by atoms with Crippen LogP contribution in [0.2, 0.25) is 0 Å². The quantitative estimate of drug-likeness (QED) is 0.868. The number of hydrogen-bond acceptors (Lipinski definition) is 4. The average molecular weight is 309 g/mol. The molecule has 1 aromatic heterocycles. The maximum Gasteiger partial charge on any atom is 0.277 e. The number of piperazine rings is 1. The molecular weight excluding hydrogens is 294 g/mol. The van der Waals surface area contributed by atoms with E-state index in [0.717, 1.165) is 5.39 Å². The van der Waals surface area contributed by atoms with Gasteiger partial charge in [0.05, 0.1) is 5.56 Å². The van der Waals surface area contributed by atoms with Crippen LogP contribution in [0.5, 0.6) is 0 Å². The van der Waals surface area contributed by atoms with Gasteiger partial charge in [-0.05, 0) is 6.07 Å². The third-order valence-electron chi connectivity index (χ3n) is 3.60. The smallest absolute Gasteiger partial charge is 0.277 e. The van der Waals surface area contributed by atoms with Crippen LogP contribution in [0, 0.1) is 0 Å². The molecule has 0 unspecified atom stereocenters. The second-order valence-electron chi connectivity index (χ2n) is 4.88. The highest BCUT2D eigenvalue weighted by Gasteiger charge is 2.28. The molecule has 1 aliphatic rings. The average Bonchev–Trinajstić information content (AvgIpc) is 2.90. The van der Waals surface area contributed by atoms with Crippen LogP contribution < -0.4 is 5.14 Å². The fourth-order valence-corrected chi connectivity index (χ4v) is 3.13. The Labute approximate surface area is 122 Å². The highest BCUT2D eigenvalue weighted by atomic mass is 32.2. The molecule has 1 aliphatic heterocycles. The summed E-state index contributed by atoms with van der Waals surface area (Å²) in [6.45, 7) is 1.05. The fourth-order valence-electron chi connectivity index (χ4n) is 2.46. The van der Waals surface area contributed by atoms with Crippen LogP contribution in [-0.2, 0) is 10.2 Å². The summed E-state index contributed by atoms with van der Waals surface area (Å²) < 4.78 is 29.0. The third kappa shape index (κ3) is 2.65. The first-order chi connectivity index (χ1) is 9.97. The van der Waals surface area contributed by atoms with E-state index in [1.807, 2.05) is 18.2 Å². The zero-order chi connectivity index (χ0) is 15.0. The van der Waals surface area contributed by atoms with Crippen molar-refractivity contribution < 1.29 is 17.6 Å². The van der Waals surface area contributed by atoms with E-state index < -0.39 is 10.2 Å². The molecule has 0 bridgehead atoms. The van der Waals surface area contributed by atoms with Gasteiger partial charge in [0, 0.05) is 31.6 Å². The lowest BCUT2D eigenvalue weighted by Crippen LogP contribution is -2.52. The molecule has 112 valence electrons. The van der Waals surface area contributed by atoms with Crippen LogP contribution in [0.3, 0.4) is 0 Å². The Morgan fingerprint density at radius 3 is 2.48 bits per heavy atom. The van der Waals surface area contributed by atoms with Gasteiger partial charge in [-0.15, -0.1) is 0 Å². The first-order valence-electron chi connectivity index (χ1n) is 6.50. The number of para-hydroxylation sites is 1. The van der Waals surface area contributed by atoms with E-state index in [2.05, 4.69) is 0 Å². The molecule has 3 rings (SSSR count). The van der Waals surface area contributed by atoms with Crippen LogP contribution in [-0.4, -0.2) is 49.7 Å². The van der Waals surface area contributed by atoms with Crippen molar-refractivity contribution in [2.75, 3.05) is 26.2 Å². The Morgan fingerprint density at radius 1 is 1.14 bits per heavy atom. The highest BCUT2D eigenvalue weighted by Crippen LogP contribution is 2.22. The molecule has 2 heterocycles. The minimum absolute atomic E-state index is 0.158. The summed E-state index contributed by atoms with van der Waals surface area (Å²) >= 11 is 0. The van der Waals surface area contributed by atoms with Crippen molar-refractivity contribution in [3.8, 4) is 0 Å². The molecule has 1 saturated heterocycles. The monoisotopic (exact) mass is 309 g/mol. The van der Waals surface area contributed by atoms with E-state index in [1.54, 1.807) is 11.0 Å². The molecule has 1 aromatic carbocycles. The maximum atomic E-state index is 12.5. The van der Waals surface area contributed by atoms with Gasteiger partial charge in [-0.25, -0.2) is 5.14 Å². The van der Waals surface area contributed by atoms with E-state index >= 15 is 0 Å². The number of benzene rings is 1. The van der Waals surface area contributed by atoms with Gasteiger partial charge in [-0.2, -0.15) is 12.7 Å². The topological polar surface area (TPSA) is 96.9 Å². The number of rotatable bonds is 2. The summed E-state index contributed by atoms with van der Waals surface area (Å²) in [7, 11) is -3.69. The van der Waals surface area contributed by atoms with Crippen molar-refractivity contribution in [1.82, 2.24) is 9.21 Å². The summed E-state index contributed by atoms with van der Waals surface area (Å²) in [5.41, 5.74) is 1.15. The molecule has 8 heteroatoms. The predicted molar refractivity (Wildman–Crippen MR) is 76.8 cm³/mol. The summed E-state index contributed by atoms with van der Waals surface area (Å²) in [6.07, 6.45) is 1.44. The van der Waals surface area contributed by atoms with E-state index in [0.29, 0.717) is 24.2 Å². The van der Waals surface area contributed by atoms with E-state index in [-0.39, 0.29) is 19.0 Å². The molecule has 0 spiro atoms. The molecule has 0 aliphatic carbocycles. The van der Waals surface area contributed by atoms with Crippen LogP contribution in [0.15, 0.2) is 34.9 Å². The molecule has 1 fully saturated rings. The number of nitrogens with zero attached hydrogens (tertiary/aromatic N) is 2. The number of carbonyl (C=O) groups is 1. The number of amides is 1. The first kappa shape index (κ1) is 14.1. The minimum Gasteiger partial charge on any atom is -0.463 e. The lowest BCUT2D eigenvalue weighted by atomic mass is 10.1. The van der Waals surface area contributed by atoms with Gasteiger partial charge in [0.25, 0.3) is 16.1 Å². The SMILES string of the molecule is NS(=O)(=O)N1CCN(C(=O)c2coc3ccccc23)CC1. The van der Waals surface area contributed by atoms with E-state index in [1.165, 1.54) is 10.6 Å². The van der Waals surface area contributed by atoms with Crippen molar-refractivity contribution in [1.29, 1.82) is 0 Å². The zero-order valence-corrected chi connectivity index (χ0v) is 12.0. The first-order valence-corrected chi connectivity index (χ1v) is 8.00. The second kappa shape index (κ2) is 5.14. The van der Waals surface area contributed by atoms with Gasteiger partial charge in [0.1, 0.15) is 11.8 Å². The third-order valence-corrected chi connectivity index (χ3v) is 4.68. The van der Waals surface area contributed by atoms with E-state index in [9.17, 15) is 13.2 Å². The Balaban J connectivity index is 1.78. The number of fused-ring (bicyclic) bond motifs is 1. The molecular formula is C13H15N3O4S. The standard InChI is InChI=1S/C13H15N3O4S/c14-21(18,19)16-7-5-15(6-8-16)13(17)11-9-20-12-4-2-1-3-10(11)12/h1-4,9H,5-8H2,(H2,14,18,19). The summed E-state index contributed by atoms with van der Waals surface area (Å²) in [4.78, 5) is 14.1. The molecule has 0 atom stereocenters. The number of furan rings is 1. The number of nitrogens with two attached hydrogens (primary N) is 1. The molecule has 1 amide bonds. The molecule has 0 saturated carbocycles. The van der Waals surface area contributed by atoms with Crippen LogP contribution in [0.4, 0.5) is 0 Å². The Bertz CT molecular complexity index is 776. The van der Waals surface area contributed by atoms with E-state index in [4.69, 9.17) is 9.56 Å². The molecule has 7 nitrogen and oxygen atoms in total. The summed E-state index contributed by atoms with van der Waals surface area (Å²) in [6, 6.07) is 7.30. The predicted octanol–water partition coefficient (Wildman–Crippen LogP) is 0.394. The van der Waals surface area contributed by atoms with Crippen molar-refractivity contribution >= 4 is 27.1 Å². The summed E-state index contributed by atoms with van der Waals surface area (Å²) in [5, 5.41) is 5.84. The van der Waals surface area contributed by atoms with Crippen molar-refractivity contribution in [2.45, 2.75) is 0 Å². The van der Waals surface area contributed by atoms with Gasteiger partial charge in [-0.1, -0.05) is 18.2 Å². The van der Waals surface area contributed by atoms with Crippen molar-refractivity contribution in [2.24, 2.45) is 5.14 Å². The van der Waals surface area contributed by atoms with Gasteiger partial charge in [-0.3, -0.25) is 4.79 Å². The largest absolute Gasteiger partial charge is 0.463 e. The normalized spacial score (nSPS) is 17.3. The summed E-state index contributed by atoms with van der Waals surface area (Å²) in [5.74, 6) is -0.158. The van der Waals surface area contributed by atoms with Gasteiger partial charge >= 0.3 is 0 Å². The van der Waals surface area contributed by atoms with Gasteiger partial charge in [0.2, 0.25) is 0 Å². The lowest BCUT2D eigenvalue weighted by molar-refractivity contribution is 0.0699. The molecule has 2 aromatic rings. The molecule has 21 heavy (non-hydrogen) atoms. The molecule has 0 radical (unpaired) electrons. The highest BCUT2D eigenvalue weighted by molar-refractivity contribution is 7.86. The zero-order valence-electron chi connectivity index (χ0n) is 11.2. The minimum atomic E-state index is -3.69. The number of hydrogen-bond donors (Lipinski definition) is 1. The van der Waals surface area contributed by atoms with Crippen LogP contribution in [0.1, 0.15) is 10.4 Å².